The highest BCUT2D eigenvalue weighted by atomic mass is 35.5. The van der Waals surface area contributed by atoms with Crippen molar-refractivity contribution in [2.45, 2.75) is 13.0 Å². The molecule has 0 aromatic heterocycles. The van der Waals surface area contributed by atoms with Crippen molar-refractivity contribution in [1.29, 1.82) is 0 Å². The van der Waals surface area contributed by atoms with E-state index in [4.69, 9.17) is 22.8 Å². The maximum Gasteiger partial charge on any atom is 0.258 e. The van der Waals surface area contributed by atoms with Gasteiger partial charge >= 0.3 is 0 Å². The topological polar surface area (TPSA) is 50.4 Å². The number of terminal acetylenes is 1. The van der Waals surface area contributed by atoms with Gasteiger partial charge in [0.15, 0.2) is 6.61 Å². The molecular formula is C14H17ClN2O2. The first-order valence-corrected chi connectivity index (χ1v) is 6.26. The molecule has 1 aromatic rings. The minimum Gasteiger partial charge on any atom is -0.482 e. The van der Waals surface area contributed by atoms with Crippen molar-refractivity contribution in [2.24, 2.45) is 0 Å². The molecule has 0 saturated carbocycles. The maximum atomic E-state index is 11.3. The van der Waals surface area contributed by atoms with E-state index < -0.39 is 0 Å². The van der Waals surface area contributed by atoms with E-state index in [1.165, 1.54) is 0 Å². The van der Waals surface area contributed by atoms with Crippen LogP contribution in [0.5, 0.6) is 5.75 Å². The molecule has 0 saturated heterocycles. The van der Waals surface area contributed by atoms with Crippen LogP contribution in [0.2, 0.25) is 5.02 Å². The molecule has 1 rings (SSSR count). The largest absolute Gasteiger partial charge is 0.482 e. The number of ether oxygens (including phenoxy) is 1. The molecule has 0 radical (unpaired) electrons. The van der Waals surface area contributed by atoms with E-state index in [0.29, 0.717) is 10.8 Å². The summed E-state index contributed by atoms with van der Waals surface area (Å²) in [5, 5.41) is 6.10. The van der Waals surface area contributed by atoms with Crippen molar-refractivity contribution in [2.75, 3.05) is 20.2 Å². The van der Waals surface area contributed by atoms with Gasteiger partial charge in [0.05, 0.1) is 11.6 Å². The highest BCUT2D eigenvalue weighted by Crippen LogP contribution is 2.27. The minimum absolute atomic E-state index is 0.109. The first-order chi connectivity index (χ1) is 9.08. The molecule has 0 fully saturated rings. The third-order valence-electron chi connectivity index (χ3n) is 2.64. The quantitative estimate of drug-likeness (QED) is 0.781. The van der Waals surface area contributed by atoms with Crippen LogP contribution in [0.3, 0.4) is 0 Å². The Labute approximate surface area is 118 Å². The first kappa shape index (κ1) is 15.4. The van der Waals surface area contributed by atoms with Gasteiger partial charge in [0.2, 0.25) is 0 Å². The van der Waals surface area contributed by atoms with Gasteiger partial charge in [0.1, 0.15) is 5.75 Å². The van der Waals surface area contributed by atoms with Crippen molar-refractivity contribution < 1.29 is 9.53 Å². The summed E-state index contributed by atoms with van der Waals surface area (Å²) in [5.41, 5.74) is 1.05. The standard InChI is InChI=1S/C14H17ClN2O2/c1-4-7-17-14(18)9-19-13-6-5-11(8-12(13)15)10(2)16-3/h1,5-6,8,10,16H,7,9H2,2-3H3,(H,17,18). The van der Waals surface area contributed by atoms with Crippen molar-refractivity contribution >= 4 is 17.5 Å². The average molecular weight is 281 g/mol. The van der Waals surface area contributed by atoms with Crippen molar-refractivity contribution in [3.05, 3.63) is 28.8 Å². The molecule has 0 aliphatic carbocycles. The lowest BCUT2D eigenvalue weighted by molar-refractivity contribution is -0.122. The third kappa shape index (κ3) is 4.82. The van der Waals surface area contributed by atoms with Crippen LogP contribution in [0.25, 0.3) is 0 Å². The van der Waals surface area contributed by atoms with Crippen molar-refractivity contribution in [3.63, 3.8) is 0 Å². The molecule has 19 heavy (non-hydrogen) atoms. The molecule has 5 heteroatoms. The average Bonchev–Trinajstić information content (AvgIpc) is 2.42. The van der Waals surface area contributed by atoms with Crippen LogP contribution in [-0.4, -0.2) is 26.1 Å². The monoisotopic (exact) mass is 280 g/mol. The fourth-order valence-electron chi connectivity index (χ4n) is 1.41. The van der Waals surface area contributed by atoms with E-state index >= 15 is 0 Å². The molecule has 0 aliphatic rings. The summed E-state index contributed by atoms with van der Waals surface area (Å²) in [7, 11) is 1.87. The summed E-state index contributed by atoms with van der Waals surface area (Å²) in [6, 6.07) is 5.67. The van der Waals surface area contributed by atoms with Gasteiger partial charge in [0.25, 0.3) is 5.91 Å². The summed E-state index contributed by atoms with van der Waals surface area (Å²) in [5.74, 6) is 2.51. The summed E-state index contributed by atoms with van der Waals surface area (Å²) in [4.78, 5) is 11.3. The summed E-state index contributed by atoms with van der Waals surface area (Å²) in [6.07, 6.45) is 5.03. The second-order valence-corrected chi connectivity index (χ2v) is 4.38. The van der Waals surface area contributed by atoms with Crippen LogP contribution in [-0.2, 0) is 4.79 Å². The predicted molar refractivity (Wildman–Crippen MR) is 76.3 cm³/mol. The lowest BCUT2D eigenvalue weighted by Crippen LogP contribution is -2.29. The zero-order chi connectivity index (χ0) is 14.3. The Morgan fingerprint density at radius 3 is 2.89 bits per heavy atom. The number of rotatable bonds is 6. The molecule has 102 valence electrons. The minimum atomic E-state index is -0.276. The van der Waals surface area contributed by atoms with E-state index in [9.17, 15) is 4.79 Å². The lowest BCUT2D eigenvalue weighted by Gasteiger charge is -2.13. The van der Waals surface area contributed by atoms with E-state index in [1.807, 2.05) is 26.1 Å². The molecule has 1 amide bonds. The van der Waals surface area contributed by atoms with Crippen LogP contribution < -0.4 is 15.4 Å². The Kier molecular flexibility index (Phi) is 6.20. The van der Waals surface area contributed by atoms with E-state index in [1.54, 1.807) is 6.07 Å². The highest BCUT2D eigenvalue weighted by molar-refractivity contribution is 6.32. The lowest BCUT2D eigenvalue weighted by atomic mass is 10.1. The Balaban J connectivity index is 2.60. The number of nitrogens with one attached hydrogen (secondary N) is 2. The van der Waals surface area contributed by atoms with Gasteiger partial charge < -0.3 is 15.4 Å². The molecular weight excluding hydrogens is 264 g/mol. The van der Waals surface area contributed by atoms with E-state index in [0.717, 1.165) is 5.56 Å². The van der Waals surface area contributed by atoms with Gasteiger partial charge in [0, 0.05) is 6.04 Å². The zero-order valence-corrected chi connectivity index (χ0v) is 11.8. The number of halogens is 1. The predicted octanol–water partition coefficient (Wildman–Crippen LogP) is 1.75. The Morgan fingerprint density at radius 1 is 1.58 bits per heavy atom. The van der Waals surface area contributed by atoms with E-state index in [2.05, 4.69) is 16.6 Å². The molecule has 1 atom stereocenters. The number of hydrogen-bond donors (Lipinski definition) is 2. The molecule has 0 bridgehead atoms. The number of benzene rings is 1. The Morgan fingerprint density at radius 2 is 2.32 bits per heavy atom. The number of carbonyl (C=O) groups excluding carboxylic acids is 1. The van der Waals surface area contributed by atoms with Gasteiger partial charge in [-0.25, -0.2) is 0 Å². The van der Waals surface area contributed by atoms with Gasteiger partial charge in [-0.2, -0.15) is 0 Å². The molecule has 1 aromatic carbocycles. The smallest absolute Gasteiger partial charge is 0.258 e. The van der Waals surface area contributed by atoms with Gasteiger partial charge in [-0.05, 0) is 31.7 Å². The summed E-state index contributed by atoms with van der Waals surface area (Å²) < 4.78 is 5.33. The number of hydrogen-bond acceptors (Lipinski definition) is 3. The van der Waals surface area contributed by atoms with Crippen LogP contribution in [0, 0.1) is 12.3 Å². The summed E-state index contributed by atoms with van der Waals surface area (Å²) >= 11 is 6.10. The van der Waals surface area contributed by atoms with Crippen molar-refractivity contribution in [1.82, 2.24) is 10.6 Å². The Hall–Kier alpha value is -1.70. The molecule has 2 N–H and O–H groups in total. The third-order valence-corrected chi connectivity index (χ3v) is 2.93. The molecule has 4 nitrogen and oxygen atoms in total. The second kappa shape index (κ2) is 7.67. The zero-order valence-electron chi connectivity index (χ0n) is 11.0. The molecule has 0 spiro atoms. The van der Waals surface area contributed by atoms with Gasteiger partial charge in [-0.3, -0.25) is 4.79 Å². The normalized spacial score (nSPS) is 11.5. The molecule has 0 heterocycles. The van der Waals surface area contributed by atoms with Gasteiger partial charge in [-0.1, -0.05) is 23.6 Å². The van der Waals surface area contributed by atoms with E-state index in [-0.39, 0.29) is 25.1 Å². The second-order valence-electron chi connectivity index (χ2n) is 3.97. The van der Waals surface area contributed by atoms with Crippen LogP contribution >= 0.6 is 11.6 Å². The highest BCUT2D eigenvalue weighted by Gasteiger charge is 2.08. The fourth-order valence-corrected chi connectivity index (χ4v) is 1.66. The first-order valence-electron chi connectivity index (χ1n) is 5.88. The summed E-state index contributed by atoms with van der Waals surface area (Å²) in [6.45, 7) is 2.11. The van der Waals surface area contributed by atoms with Crippen LogP contribution in [0.1, 0.15) is 18.5 Å². The van der Waals surface area contributed by atoms with Gasteiger partial charge in [-0.15, -0.1) is 6.42 Å². The molecule has 1 unspecified atom stereocenters. The van der Waals surface area contributed by atoms with Crippen molar-refractivity contribution in [3.8, 4) is 18.1 Å². The fraction of sp³-hybridized carbons (Fsp3) is 0.357. The maximum absolute atomic E-state index is 11.3. The SMILES string of the molecule is C#CCNC(=O)COc1ccc(C(C)NC)cc1Cl. The Bertz CT molecular complexity index is 483. The van der Waals surface area contributed by atoms with Crippen LogP contribution in [0.4, 0.5) is 0 Å². The van der Waals surface area contributed by atoms with Crippen LogP contribution in [0.15, 0.2) is 18.2 Å². The number of amides is 1. The molecule has 0 aliphatic heterocycles. The number of carbonyl (C=O) groups is 1.